The van der Waals surface area contributed by atoms with Crippen molar-refractivity contribution >= 4 is 33.4 Å². The number of aromatic carboxylic acids is 1. The van der Waals surface area contributed by atoms with E-state index in [4.69, 9.17) is 5.11 Å². The minimum atomic E-state index is -0.962. The second-order valence-corrected chi connectivity index (χ2v) is 6.28. The number of fused-ring (bicyclic) bond motifs is 1. The number of hydrogen-bond donors (Lipinski definition) is 2. The number of carboxylic acids is 1. The predicted molar refractivity (Wildman–Crippen MR) is 86.8 cm³/mol. The van der Waals surface area contributed by atoms with E-state index < -0.39 is 5.97 Å². The molecular formula is C15H16N4O3S. The van der Waals surface area contributed by atoms with Crippen molar-refractivity contribution in [1.29, 1.82) is 0 Å². The standard InChI is InChI=1S/C15H16N4O3S/c1-3-19-5-4-9(17-19)8-18(2)14(20)11-7-12-10(16-11)6-13(23-12)15(21)22/h4-7,16H,3,8H2,1-2H3,(H,21,22). The number of nitrogens with zero attached hydrogens (tertiary/aromatic N) is 3. The van der Waals surface area contributed by atoms with Crippen molar-refractivity contribution in [2.75, 3.05) is 7.05 Å². The topological polar surface area (TPSA) is 91.2 Å². The Balaban J connectivity index is 1.76. The molecule has 23 heavy (non-hydrogen) atoms. The monoisotopic (exact) mass is 332 g/mol. The number of carboxylic acid groups (broad SMARTS) is 1. The maximum atomic E-state index is 12.5. The van der Waals surface area contributed by atoms with Crippen molar-refractivity contribution in [1.82, 2.24) is 19.7 Å². The molecule has 0 aliphatic rings. The van der Waals surface area contributed by atoms with Crippen LogP contribution in [0.25, 0.3) is 10.2 Å². The first-order valence-corrected chi connectivity index (χ1v) is 7.93. The van der Waals surface area contributed by atoms with Crippen LogP contribution in [0.5, 0.6) is 0 Å². The van der Waals surface area contributed by atoms with E-state index in [1.807, 2.05) is 23.9 Å². The molecule has 0 spiro atoms. The zero-order chi connectivity index (χ0) is 16.6. The lowest BCUT2D eigenvalue weighted by Gasteiger charge is -2.14. The molecule has 3 aromatic rings. The van der Waals surface area contributed by atoms with Gasteiger partial charge in [0.2, 0.25) is 0 Å². The van der Waals surface area contributed by atoms with Crippen LogP contribution in [0.1, 0.15) is 32.8 Å². The fraction of sp³-hybridized carbons (Fsp3) is 0.267. The second-order valence-electron chi connectivity index (χ2n) is 5.20. The van der Waals surface area contributed by atoms with E-state index >= 15 is 0 Å². The van der Waals surface area contributed by atoms with Crippen LogP contribution in [0, 0.1) is 0 Å². The van der Waals surface area contributed by atoms with Crippen LogP contribution in [0.15, 0.2) is 24.4 Å². The van der Waals surface area contributed by atoms with Crippen LogP contribution in [0.4, 0.5) is 0 Å². The van der Waals surface area contributed by atoms with Crippen molar-refractivity contribution < 1.29 is 14.7 Å². The van der Waals surface area contributed by atoms with Gasteiger partial charge in [0.25, 0.3) is 5.91 Å². The summed E-state index contributed by atoms with van der Waals surface area (Å²) in [5.74, 6) is -1.12. The van der Waals surface area contributed by atoms with Gasteiger partial charge in [0.1, 0.15) is 10.6 Å². The van der Waals surface area contributed by atoms with Gasteiger partial charge in [-0.15, -0.1) is 11.3 Å². The number of H-pyrrole nitrogens is 1. The molecule has 0 aliphatic heterocycles. The smallest absolute Gasteiger partial charge is 0.345 e. The van der Waals surface area contributed by atoms with Gasteiger partial charge in [0.15, 0.2) is 0 Å². The van der Waals surface area contributed by atoms with E-state index in [0.29, 0.717) is 17.8 Å². The number of aromatic nitrogens is 3. The van der Waals surface area contributed by atoms with E-state index in [9.17, 15) is 9.59 Å². The number of carbonyl (C=O) groups is 2. The third-order valence-electron chi connectivity index (χ3n) is 3.51. The highest BCUT2D eigenvalue weighted by atomic mass is 32.1. The molecule has 2 N–H and O–H groups in total. The molecule has 0 aromatic carbocycles. The minimum Gasteiger partial charge on any atom is -0.477 e. The molecule has 0 saturated carbocycles. The molecule has 3 heterocycles. The molecule has 0 unspecified atom stereocenters. The molecule has 8 heteroatoms. The van der Waals surface area contributed by atoms with Crippen LogP contribution >= 0.6 is 11.3 Å². The van der Waals surface area contributed by atoms with E-state index in [0.717, 1.165) is 28.3 Å². The molecule has 0 atom stereocenters. The highest BCUT2D eigenvalue weighted by Crippen LogP contribution is 2.26. The summed E-state index contributed by atoms with van der Waals surface area (Å²) in [5.41, 5.74) is 1.93. The molecule has 120 valence electrons. The maximum Gasteiger partial charge on any atom is 0.345 e. The van der Waals surface area contributed by atoms with Crippen LogP contribution in [-0.4, -0.2) is 43.7 Å². The van der Waals surface area contributed by atoms with Gasteiger partial charge in [-0.05, 0) is 25.1 Å². The number of hydrogen-bond acceptors (Lipinski definition) is 4. The number of amides is 1. The lowest BCUT2D eigenvalue weighted by atomic mass is 10.3. The van der Waals surface area contributed by atoms with Crippen LogP contribution in [0.3, 0.4) is 0 Å². The zero-order valence-corrected chi connectivity index (χ0v) is 13.6. The first-order chi connectivity index (χ1) is 11.0. The number of nitrogens with one attached hydrogen (secondary N) is 1. The van der Waals surface area contributed by atoms with Crippen LogP contribution in [0.2, 0.25) is 0 Å². The van der Waals surface area contributed by atoms with Crippen molar-refractivity contribution in [3.05, 3.63) is 40.7 Å². The van der Waals surface area contributed by atoms with Gasteiger partial charge >= 0.3 is 5.97 Å². The fourth-order valence-electron chi connectivity index (χ4n) is 2.33. The van der Waals surface area contributed by atoms with Gasteiger partial charge < -0.3 is 15.0 Å². The van der Waals surface area contributed by atoms with Crippen molar-refractivity contribution in [2.45, 2.75) is 20.0 Å². The molecule has 0 saturated heterocycles. The largest absolute Gasteiger partial charge is 0.477 e. The number of aromatic amines is 1. The normalized spacial score (nSPS) is 11.0. The van der Waals surface area contributed by atoms with Crippen molar-refractivity contribution in [3.63, 3.8) is 0 Å². The van der Waals surface area contributed by atoms with Gasteiger partial charge in [-0.25, -0.2) is 4.79 Å². The summed E-state index contributed by atoms with van der Waals surface area (Å²) in [5, 5.41) is 13.3. The predicted octanol–water partition coefficient (Wildman–Crippen LogP) is 2.42. The SMILES string of the molecule is CCn1ccc(CN(C)C(=O)c2cc3sc(C(=O)O)cc3[nH]2)n1. The van der Waals surface area contributed by atoms with Gasteiger partial charge in [-0.3, -0.25) is 9.48 Å². The van der Waals surface area contributed by atoms with Gasteiger partial charge in [0, 0.05) is 19.8 Å². The lowest BCUT2D eigenvalue weighted by molar-refractivity contribution is 0.0701. The summed E-state index contributed by atoms with van der Waals surface area (Å²) < 4.78 is 2.57. The number of thiophene rings is 1. The molecule has 0 bridgehead atoms. The Morgan fingerprint density at radius 3 is 2.83 bits per heavy atom. The Morgan fingerprint density at radius 1 is 1.43 bits per heavy atom. The highest BCUT2D eigenvalue weighted by Gasteiger charge is 2.18. The maximum absolute atomic E-state index is 12.5. The van der Waals surface area contributed by atoms with Gasteiger partial charge in [-0.2, -0.15) is 5.10 Å². The Hall–Kier alpha value is -2.61. The second kappa shape index (κ2) is 5.88. The lowest BCUT2D eigenvalue weighted by Crippen LogP contribution is -2.26. The minimum absolute atomic E-state index is 0.156. The van der Waals surface area contributed by atoms with E-state index in [2.05, 4.69) is 10.1 Å². The summed E-state index contributed by atoms with van der Waals surface area (Å²) in [6, 6.07) is 5.12. The molecule has 3 aromatic heterocycles. The van der Waals surface area contributed by atoms with E-state index in [1.165, 1.54) is 0 Å². The Bertz CT molecular complexity index is 845. The molecule has 3 rings (SSSR count). The quantitative estimate of drug-likeness (QED) is 0.750. The average molecular weight is 332 g/mol. The molecule has 0 aliphatic carbocycles. The third kappa shape index (κ3) is 2.98. The Labute approximate surface area is 136 Å². The molecule has 0 fully saturated rings. The van der Waals surface area contributed by atoms with Gasteiger partial charge in [0.05, 0.1) is 22.5 Å². The summed E-state index contributed by atoms with van der Waals surface area (Å²) in [6.07, 6.45) is 1.88. The molecule has 0 radical (unpaired) electrons. The highest BCUT2D eigenvalue weighted by molar-refractivity contribution is 7.20. The molecular weight excluding hydrogens is 316 g/mol. The first kappa shape index (κ1) is 15.3. The third-order valence-corrected chi connectivity index (χ3v) is 4.58. The number of carbonyl (C=O) groups excluding carboxylic acids is 1. The molecule has 7 nitrogen and oxygen atoms in total. The van der Waals surface area contributed by atoms with E-state index in [-0.39, 0.29) is 10.8 Å². The summed E-state index contributed by atoms with van der Waals surface area (Å²) >= 11 is 1.15. The van der Waals surface area contributed by atoms with Crippen molar-refractivity contribution in [3.8, 4) is 0 Å². The number of aryl methyl sites for hydroxylation is 1. The van der Waals surface area contributed by atoms with E-state index in [1.54, 1.807) is 24.1 Å². The van der Waals surface area contributed by atoms with Crippen LogP contribution < -0.4 is 0 Å². The fourth-order valence-corrected chi connectivity index (χ4v) is 3.23. The zero-order valence-electron chi connectivity index (χ0n) is 12.7. The van der Waals surface area contributed by atoms with Crippen LogP contribution in [-0.2, 0) is 13.1 Å². The average Bonchev–Trinajstić information content (AvgIpc) is 3.19. The molecule has 1 amide bonds. The van der Waals surface area contributed by atoms with Gasteiger partial charge in [-0.1, -0.05) is 0 Å². The summed E-state index contributed by atoms with van der Waals surface area (Å²) in [4.78, 5) is 28.2. The number of rotatable bonds is 5. The Morgan fingerprint density at radius 2 is 2.22 bits per heavy atom. The summed E-state index contributed by atoms with van der Waals surface area (Å²) in [7, 11) is 1.71. The summed E-state index contributed by atoms with van der Waals surface area (Å²) in [6.45, 7) is 3.21. The van der Waals surface area contributed by atoms with Crippen molar-refractivity contribution in [2.24, 2.45) is 0 Å². The Kier molecular flexibility index (Phi) is 3.91. The first-order valence-electron chi connectivity index (χ1n) is 7.11.